The van der Waals surface area contributed by atoms with Crippen LogP contribution in [-0.2, 0) is 5.41 Å². The largest absolute Gasteiger partial charge is 0.261 e. The van der Waals surface area contributed by atoms with Gasteiger partial charge in [-0.1, -0.05) is 38.1 Å². The summed E-state index contributed by atoms with van der Waals surface area (Å²) in [4.78, 5) is 4.43. The summed E-state index contributed by atoms with van der Waals surface area (Å²) < 4.78 is 0. The first kappa shape index (κ1) is 9.59. The summed E-state index contributed by atoms with van der Waals surface area (Å²) in [5.41, 5.74) is 6.66. The molecule has 1 aromatic carbocycles. The monoisotopic (exact) mass is 209 g/mol. The van der Waals surface area contributed by atoms with E-state index in [4.69, 9.17) is 0 Å². The van der Waals surface area contributed by atoms with E-state index in [1.54, 1.807) is 0 Å². The fourth-order valence-corrected chi connectivity index (χ4v) is 2.69. The Hall–Kier alpha value is -1.63. The van der Waals surface area contributed by atoms with Crippen LogP contribution in [0.5, 0.6) is 0 Å². The number of aromatic nitrogens is 1. The molecule has 1 aliphatic rings. The van der Waals surface area contributed by atoms with Crippen LogP contribution in [-0.4, -0.2) is 4.98 Å². The number of aryl methyl sites for hydroxylation is 1. The van der Waals surface area contributed by atoms with Crippen molar-refractivity contribution in [1.29, 1.82) is 0 Å². The molecular formula is C15H15N. The Morgan fingerprint density at radius 2 is 1.75 bits per heavy atom. The molecule has 3 rings (SSSR count). The van der Waals surface area contributed by atoms with Crippen molar-refractivity contribution in [2.24, 2.45) is 0 Å². The molecule has 1 heterocycles. The average molecular weight is 209 g/mol. The van der Waals surface area contributed by atoms with Gasteiger partial charge in [0.05, 0.1) is 0 Å². The van der Waals surface area contributed by atoms with Crippen LogP contribution in [0.3, 0.4) is 0 Å². The standard InChI is InChI=1S/C15H15N/c1-10-8-12-11-6-4-5-7-13(11)15(2,3)14(12)9-16-10/h4-9H,1-3H3. The van der Waals surface area contributed by atoms with Crippen LogP contribution in [0.15, 0.2) is 36.5 Å². The van der Waals surface area contributed by atoms with Gasteiger partial charge >= 0.3 is 0 Å². The minimum Gasteiger partial charge on any atom is -0.261 e. The number of benzene rings is 1. The lowest BCUT2D eigenvalue weighted by molar-refractivity contribution is 0.657. The minimum absolute atomic E-state index is 0.0899. The highest BCUT2D eigenvalue weighted by molar-refractivity contribution is 5.80. The fourth-order valence-electron chi connectivity index (χ4n) is 2.69. The van der Waals surface area contributed by atoms with Gasteiger partial charge in [0.15, 0.2) is 0 Å². The van der Waals surface area contributed by atoms with Gasteiger partial charge in [-0.15, -0.1) is 0 Å². The Bertz CT molecular complexity index is 567. The summed E-state index contributed by atoms with van der Waals surface area (Å²) in [6.07, 6.45) is 2.03. The summed E-state index contributed by atoms with van der Waals surface area (Å²) in [6, 6.07) is 10.9. The molecule has 0 amide bonds. The van der Waals surface area contributed by atoms with Gasteiger partial charge in [0.25, 0.3) is 0 Å². The van der Waals surface area contributed by atoms with Crippen molar-refractivity contribution in [2.75, 3.05) is 0 Å². The molecule has 0 fully saturated rings. The van der Waals surface area contributed by atoms with Gasteiger partial charge in [-0.05, 0) is 35.2 Å². The second kappa shape index (κ2) is 2.94. The lowest BCUT2D eigenvalue weighted by Crippen LogP contribution is -2.15. The smallest absolute Gasteiger partial charge is 0.0379 e. The molecule has 1 nitrogen and oxygen atoms in total. The maximum atomic E-state index is 4.43. The third-order valence-corrected chi connectivity index (χ3v) is 3.60. The van der Waals surface area contributed by atoms with E-state index in [1.165, 1.54) is 22.3 Å². The molecule has 0 unspecified atom stereocenters. The maximum Gasteiger partial charge on any atom is 0.0379 e. The molecule has 0 aliphatic heterocycles. The zero-order valence-electron chi connectivity index (χ0n) is 9.91. The summed E-state index contributed by atoms with van der Waals surface area (Å²) in [5.74, 6) is 0. The third kappa shape index (κ3) is 1.09. The first-order valence-corrected chi connectivity index (χ1v) is 5.68. The number of nitrogens with zero attached hydrogens (tertiary/aromatic N) is 1. The molecule has 1 heteroatoms. The first-order valence-electron chi connectivity index (χ1n) is 5.68. The SMILES string of the molecule is Cc1cc2c(cn1)C(C)(C)c1ccccc1-2. The van der Waals surface area contributed by atoms with E-state index in [1.807, 2.05) is 13.1 Å². The number of hydrogen-bond acceptors (Lipinski definition) is 1. The number of fused-ring (bicyclic) bond motifs is 3. The van der Waals surface area contributed by atoms with Gasteiger partial charge in [0.2, 0.25) is 0 Å². The van der Waals surface area contributed by atoms with Gasteiger partial charge in [-0.3, -0.25) is 4.98 Å². The number of rotatable bonds is 0. The van der Waals surface area contributed by atoms with Crippen molar-refractivity contribution in [3.05, 3.63) is 53.3 Å². The summed E-state index contributed by atoms with van der Waals surface area (Å²) in [6.45, 7) is 6.59. The second-order valence-corrected chi connectivity index (χ2v) is 5.04. The van der Waals surface area contributed by atoms with E-state index in [2.05, 4.69) is 49.2 Å². The van der Waals surface area contributed by atoms with Crippen molar-refractivity contribution >= 4 is 0 Å². The van der Waals surface area contributed by atoms with Crippen molar-refractivity contribution in [3.63, 3.8) is 0 Å². The van der Waals surface area contributed by atoms with Crippen LogP contribution >= 0.6 is 0 Å². The summed E-state index contributed by atoms with van der Waals surface area (Å²) >= 11 is 0. The molecule has 1 aliphatic carbocycles. The second-order valence-electron chi connectivity index (χ2n) is 5.04. The molecule has 0 spiro atoms. The van der Waals surface area contributed by atoms with Gasteiger partial charge in [-0.2, -0.15) is 0 Å². The van der Waals surface area contributed by atoms with E-state index in [9.17, 15) is 0 Å². The quantitative estimate of drug-likeness (QED) is 0.644. The first-order chi connectivity index (χ1) is 7.60. The predicted molar refractivity (Wildman–Crippen MR) is 66.5 cm³/mol. The van der Waals surface area contributed by atoms with Crippen molar-refractivity contribution in [2.45, 2.75) is 26.2 Å². The Morgan fingerprint density at radius 1 is 1.00 bits per heavy atom. The van der Waals surface area contributed by atoms with E-state index in [0.717, 1.165) is 5.69 Å². The van der Waals surface area contributed by atoms with Crippen LogP contribution in [0.1, 0.15) is 30.7 Å². The van der Waals surface area contributed by atoms with E-state index in [0.29, 0.717) is 0 Å². The maximum absolute atomic E-state index is 4.43. The van der Waals surface area contributed by atoms with E-state index < -0.39 is 0 Å². The van der Waals surface area contributed by atoms with Crippen molar-refractivity contribution in [1.82, 2.24) is 4.98 Å². The van der Waals surface area contributed by atoms with Gasteiger partial charge in [0, 0.05) is 17.3 Å². The molecular weight excluding hydrogens is 194 g/mol. The molecule has 80 valence electrons. The highest BCUT2D eigenvalue weighted by Gasteiger charge is 2.35. The Kier molecular flexibility index (Phi) is 1.76. The molecule has 2 aromatic rings. The molecule has 0 saturated carbocycles. The summed E-state index contributed by atoms with van der Waals surface area (Å²) in [7, 11) is 0. The normalized spacial score (nSPS) is 15.7. The van der Waals surface area contributed by atoms with Crippen molar-refractivity contribution < 1.29 is 0 Å². The zero-order chi connectivity index (χ0) is 11.3. The average Bonchev–Trinajstić information content (AvgIpc) is 2.49. The van der Waals surface area contributed by atoms with Crippen LogP contribution in [0.25, 0.3) is 11.1 Å². The van der Waals surface area contributed by atoms with Crippen LogP contribution < -0.4 is 0 Å². The lowest BCUT2D eigenvalue weighted by atomic mass is 9.83. The highest BCUT2D eigenvalue weighted by atomic mass is 14.7. The molecule has 1 aromatic heterocycles. The molecule has 0 atom stereocenters. The van der Waals surface area contributed by atoms with Crippen LogP contribution in [0.4, 0.5) is 0 Å². The molecule has 0 saturated heterocycles. The fraction of sp³-hybridized carbons (Fsp3) is 0.267. The summed E-state index contributed by atoms with van der Waals surface area (Å²) in [5, 5.41) is 0. The molecule has 16 heavy (non-hydrogen) atoms. The molecule has 0 N–H and O–H groups in total. The lowest BCUT2D eigenvalue weighted by Gasteiger charge is -2.20. The Balaban J connectivity index is 2.40. The van der Waals surface area contributed by atoms with E-state index in [-0.39, 0.29) is 5.41 Å². The van der Waals surface area contributed by atoms with Crippen LogP contribution in [0.2, 0.25) is 0 Å². The van der Waals surface area contributed by atoms with E-state index >= 15 is 0 Å². The number of pyridine rings is 1. The van der Waals surface area contributed by atoms with Gasteiger partial charge < -0.3 is 0 Å². The Labute approximate surface area is 96.2 Å². The zero-order valence-corrected chi connectivity index (χ0v) is 9.91. The van der Waals surface area contributed by atoms with Gasteiger partial charge in [0.1, 0.15) is 0 Å². The number of hydrogen-bond donors (Lipinski definition) is 0. The topological polar surface area (TPSA) is 12.9 Å². The molecule has 0 radical (unpaired) electrons. The van der Waals surface area contributed by atoms with Crippen LogP contribution in [0, 0.1) is 6.92 Å². The Morgan fingerprint density at radius 3 is 2.56 bits per heavy atom. The third-order valence-electron chi connectivity index (χ3n) is 3.60. The van der Waals surface area contributed by atoms with Crippen molar-refractivity contribution in [3.8, 4) is 11.1 Å². The molecule has 0 bridgehead atoms. The van der Waals surface area contributed by atoms with Gasteiger partial charge in [-0.25, -0.2) is 0 Å². The minimum atomic E-state index is 0.0899. The predicted octanol–water partition coefficient (Wildman–Crippen LogP) is 3.70. The highest BCUT2D eigenvalue weighted by Crippen LogP contribution is 2.47.